The molecule has 2 rings (SSSR count). The summed E-state index contributed by atoms with van der Waals surface area (Å²) >= 11 is 1.74. The maximum atomic E-state index is 5.07. The lowest BCUT2D eigenvalue weighted by Gasteiger charge is -2.23. The fourth-order valence-corrected chi connectivity index (χ4v) is 1.81. The Morgan fingerprint density at radius 2 is 2.50 bits per heavy atom. The first kappa shape index (κ1) is 6.31. The van der Waals surface area contributed by atoms with E-state index < -0.39 is 0 Å². The molecule has 0 saturated carbocycles. The molecule has 1 aromatic rings. The Morgan fingerprint density at radius 1 is 1.70 bits per heavy atom. The predicted octanol–water partition coefficient (Wildman–Crippen LogP) is 1.57. The molecule has 0 atom stereocenters. The molecule has 10 heavy (non-hydrogen) atoms. The van der Waals surface area contributed by atoms with Crippen molar-refractivity contribution < 1.29 is 4.74 Å². The number of aryl methyl sites for hydroxylation is 1. The summed E-state index contributed by atoms with van der Waals surface area (Å²) in [5.74, 6) is 0.596. The van der Waals surface area contributed by atoms with Crippen LogP contribution in [0.5, 0.6) is 0 Å². The van der Waals surface area contributed by atoms with E-state index in [9.17, 15) is 0 Å². The molecule has 2 nitrogen and oxygen atoms in total. The van der Waals surface area contributed by atoms with Crippen LogP contribution in [0.3, 0.4) is 0 Å². The number of nitrogens with zero attached hydrogens (tertiary/aromatic N) is 1. The summed E-state index contributed by atoms with van der Waals surface area (Å²) in [4.78, 5) is 4.37. The van der Waals surface area contributed by atoms with Gasteiger partial charge in [0.25, 0.3) is 0 Å². The molecule has 1 aliphatic rings. The van der Waals surface area contributed by atoms with Crippen LogP contribution in [0.25, 0.3) is 0 Å². The summed E-state index contributed by atoms with van der Waals surface area (Å²) in [6.07, 6.45) is 0. The molecule has 1 aromatic heterocycles. The number of aromatic nitrogens is 1. The van der Waals surface area contributed by atoms with Gasteiger partial charge in [0.2, 0.25) is 0 Å². The van der Waals surface area contributed by atoms with Crippen LogP contribution >= 0.6 is 11.3 Å². The first-order valence-electron chi connectivity index (χ1n) is 3.36. The van der Waals surface area contributed by atoms with E-state index in [0.29, 0.717) is 5.92 Å². The Balaban J connectivity index is 2.17. The fourth-order valence-electron chi connectivity index (χ4n) is 0.938. The summed E-state index contributed by atoms with van der Waals surface area (Å²) in [7, 11) is 0. The molecule has 0 radical (unpaired) electrons. The van der Waals surface area contributed by atoms with Gasteiger partial charge >= 0.3 is 0 Å². The first-order chi connectivity index (χ1) is 4.86. The SMILES string of the molecule is Cc1csc(C2COC2)n1. The van der Waals surface area contributed by atoms with Crippen molar-refractivity contribution in [2.24, 2.45) is 0 Å². The lowest BCUT2D eigenvalue weighted by molar-refractivity contribution is 0.00831. The molecule has 1 aliphatic heterocycles. The van der Waals surface area contributed by atoms with Crippen molar-refractivity contribution in [3.8, 4) is 0 Å². The van der Waals surface area contributed by atoms with E-state index in [1.54, 1.807) is 11.3 Å². The second-order valence-corrected chi connectivity index (χ2v) is 3.45. The van der Waals surface area contributed by atoms with Crippen LogP contribution in [0.4, 0.5) is 0 Å². The third kappa shape index (κ3) is 0.954. The van der Waals surface area contributed by atoms with E-state index in [4.69, 9.17) is 4.74 Å². The number of hydrogen-bond donors (Lipinski definition) is 0. The summed E-state index contributed by atoms with van der Waals surface area (Å²) in [5, 5.41) is 3.33. The summed E-state index contributed by atoms with van der Waals surface area (Å²) in [6, 6.07) is 0. The molecule has 2 heterocycles. The normalized spacial score (nSPS) is 18.9. The van der Waals surface area contributed by atoms with E-state index in [1.165, 1.54) is 5.01 Å². The van der Waals surface area contributed by atoms with Crippen molar-refractivity contribution in [1.29, 1.82) is 0 Å². The van der Waals surface area contributed by atoms with Crippen LogP contribution in [-0.2, 0) is 4.74 Å². The minimum Gasteiger partial charge on any atom is -0.380 e. The van der Waals surface area contributed by atoms with Crippen molar-refractivity contribution in [2.75, 3.05) is 13.2 Å². The van der Waals surface area contributed by atoms with Gasteiger partial charge in [-0.05, 0) is 6.92 Å². The second-order valence-electron chi connectivity index (χ2n) is 2.56. The van der Waals surface area contributed by atoms with Gasteiger partial charge in [-0.15, -0.1) is 11.3 Å². The topological polar surface area (TPSA) is 22.1 Å². The Hall–Kier alpha value is -0.410. The zero-order chi connectivity index (χ0) is 6.97. The van der Waals surface area contributed by atoms with Crippen LogP contribution < -0.4 is 0 Å². The van der Waals surface area contributed by atoms with Gasteiger partial charge in [-0.3, -0.25) is 0 Å². The third-order valence-corrected chi connectivity index (χ3v) is 2.75. The minimum absolute atomic E-state index is 0.596. The highest BCUT2D eigenvalue weighted by atomic mass is 32.1. The highest BCUT2D eigenvalue weighted by molar-refractivity contribution is 7.09. The number of ether oxygens (including phenoxy) is 1. The third-order valence-electron chi connectivity index (χ3n) is 1.62. The van der Waals surface area contributed by atoms with Gasteiger partial charge in [0.1, 0.15) is 5.01 Å². The van der Waals surface area contributed by atoms with E-state index in [0.717, 1.165) is 18.9 Å². The fraction of sp³-hybridized carbons (Fsp3) is 0.571. The molecular weight excluding hydrogens is 146 g/mol. The second kappa shape index (κ2) is 2.32. The zero-order valence-corrected chi connectivity index (χ0v) is 6.65. The van der Waals surface area contributed by atoms with Crippen molar-refractivity contribution in [3.63, 3.8) is 0 Å². The van der Waals surface area contributed by atoms with E-state index >= 15 is 0 Å². The van der Waals surface area contributed by atoms with E-state index in [-0.39, 0.29) is 0 Å². The Kier molecular flexibility index (Phi) is 1.47. The van der Waals surface area contributed by atoms with Gasteiger partial charge in [-0.25, -0.2) is 4.98 Å². The Morgan fingerprint density at radius 3 is 2.90 bits per heavy atom. The first-order valence-corrected chi connectivity index (χ1v) is 4.24. The largest absolute Gasteiger partial charge is 0.380 e. The molecule has 0 aromatic carbocycles. The smallest absolute Gasteiger partial charge is 0.100 e. The Bertz CT molecular complexity index is 229. The standard InChI is InChI=1S/C7H9NOS/c1-5-4-10-7(8-5)6-2-9-3-6/h4,6H,2-3H2,1H3. The predicted molar refractivity (Wildman–Crippen MR) is 40.4 cm³/mol. The molecule has 0 amide bonds. The number of hydrogen-bond acceptors (Lipinski definition) is 3. The summed E-state index contributed by atoms with van der Waals surface area (Å²) in [6.45, 7) is 3.76. The average Bonchev–Trinajstić information content (AvgIpc) is 2.10. The van der Waals surface area contributed by atoms with Crippen LogP contribution in [0, 0.1) is 6.92 Å². The molecule has 1 saturated heterocycles. The highest BCUT2D eigenvalue weighted by Crippen LogP contribution is 2.26. The van der Waals surface area contributed by atoms with Crippen LogP contribution in [0.2, 0.25) is 0 Å². The lowest BCUT2D eigenvalue weighted by atomic mass is 10.1. The van der Waals surface area contributed by atoms with E-state index in [1.807, 2.05) is 6.92 Å². The number of rotatable bonds is 1. The van der Waals surface area contributed by atoms with Gasteiger partial charge in [0.05, 0.1) is 19.1 Å². The zero-order valence-electron chi connectivity index (χ0n) is 5.83. The van der Waals surface area contributed by atoms with E-state index in [2.05, 4.69) is 10.4 Å². The van der Waals surface area contributed by atoms with Crippen molar-refractivity contribution in [2.45, 2.75) is 12.8 Å². The van der Waals surface area contributed by atoms with Crippen LogP contribution in [0.1, 0.15) is 16.6 Å². The molecule has 0 N–H and O–H groups in total. The average molecular weight is 155 g/mol. The van der Waals surface area contributed by atoms with Crippen molar-refractivity contribution in [3.05, 3.63) is 16.1 Å². The van der Waals surface area contributed by atoms with Gasteiger partial charge in [0, 0.05) is 11.1 Å². The molecule has 0 aliphatic carbocycles. The molecule has 0 spiro atoms. The molecule has 0 unspecified atom stereocenters. The van der Waals surface area contributed by atoms with Crippen LogP contribution in [0.15, 0.2) is 5.38 Å². The monoisotopic (exact) mass is 155 g/mol. The molecule has 1 fully saturated rings. The van der Waals surface area contributed by atoms with Crippen LogP contribution in [-0.4, -0.2) is 18.2 Å². The maximum absolute atomic E-state index is 5.07. The van der Waals surface area contributed by atoms with Gasteiger partial charge in [-0.1, -0.05) is 0 Å². The lowest BCUT2D eigenvalue weighted by Crippen LogP contribution is -2.24. The number of thiazole rings is 1. The van der Waals surface area contributed by atoms with Gasteiger partial charge < -0.3 is 4.74 Å². The molecule has 3 heteroatoms. The van der Waals surface area contributed by atoms with Crippen molar-refractivity contribution in [1.82, 2.24) is 4.98 Å². The molecular formula is C7H9NOS. The Labute approximate surface area is 63.9 Å². The highest BCUT2D eigenvalue weighted by Gasteiger charge is 2.22. The molecule has 0 bridgehead atoms. The van der Waals surface area contributed by atoms with Crippen molar-refractivity contribution >= 4 is 11.3 Å². The maximum Gasteiger partial charge on any atom is 0.100 e. The molecule has 54 valence electrons. The minimum atomic E-state index is 0.596. The summed E-state index contributed by atoms with van der Waals surface area (Å²) in [5.41, 5.74) is 1.13. The van der Waals surface area contributed by atoms with Gasteiger partial charge in [0.15, 0.2) is 0 Å². The summed E-state index contributed by atoms with van der Waals surface area (Å²) < 4.78 is 5.07. The van der Waals surface area contributed by atoms with Gasteiger partial charge in [-0.2, -0.15) is 0 Å². The quantitative estimate of drug-likeness (QED) is 0.614.